The van der Waals surface area contributed by atoms with E-state index in [2.05, 4.69) is 6.92 Å². The number of carbonyl (C=O) groups excluding carboxylic acids is 2. The predicted molar refractivity (Wildman–Crippen MR) is 103 cm³/mol. The number of nitrogens with zero attached hydrogens (tertiary/aromatic N) is 3. The van der Waals surface area contributed by atoms with Gasteiger partial charge in [-0.15, -0.1) is 0 Å². The number of carboxylic acids is 1. The van der Waals surface area contributed by atoms with Crippen molar-refractivity contribution in [2.24, 2.45) is 11.8 Å². The number of hydrogen-bond acceptors (Lipinski definition) is 5. The number of morpholine rings is 1. The average Bonchev–Trinajstić information content (AvgIpc) is 3.03. The number of ether oxygens (including phenoxy) is 1. The van der Waals surface area contributed by atoms with Crippen molar-refractivity contribution >= 4 is 17.8 Å². The summed E-state index contributed by atoms with van der Waals surface area (Å²) in [7, 11) is 1.73. The first-order valence-electron chi connectivity index (χ1n) is 10.4. The highest BCUT2D eigenvalue weighted by atomic mass is 16.5. The molecule has 0 aromatic rings. The fourth-order valence-electron chi connectivity index (χ4n) is 4.74. The van der Waals surface area contributed by atoms with Gasteiger partial charge in [0.15, 0.2) is 0 Å². The number of amides is 2. The van der Waals surface area contributed by atoms with E-state index in [1.165, 1.54) is 0 Å². The van der Waals surface area contributed by atoms with Gasteiger partial charge in [-0.1, -0.05) is 6.92 Å². The monoisotopic (exact) mass is 395 g/mol. The molecule has 2 atom stereocenters. The van der Waals surface area contributed by atoms with Crippen LogP contribution in [0, 0.1) is 11.8 Å². The summed E-state index contributed by atoms with van der Waals surface area (Å²) < 4.78 is 5.71. The summed E-state index contributed by atoms with van der Waals surface area (Å²) in [5.41, 5.74) is 0. The van der Waals surface area contributed by atoms with Gasteiger partial charge in [0.2, 0.25) is 11.8 Å². The molecular formula is C20H33N3O5. The van der Waals surface area contributed by atoms with Crippen LogP contribution in [0.25, 0.3) is 0 Å². The molecule has 2 unspecified atom stereocenters. The van der Waals surface area contributed by atoms with Crippen molar-refractivity contribution in [3.8, 4) is 0 Å². The van der Waals surface area contributed by atoms with Crippen LogP contribution in [0.15, 0.2) is 0 Å². The number of carbonyl (C=O) groups is 3. The third-order valence-electron chi connectivity index (χ3n) is 6.30. The smallest absolute Gasteiger partial charge is 0.317 e. The zero-order valence-corrected chi connectivity index (χ0v) is 17.0. The van der Waals surface area contributed by atoms with Crippen molar-refractivity contribution in [3.63, 3.8) is 0 Å². The van der Waals surface area contributed by atoms with Crippen LogP contribution in [0.3, 0.4) is 0 Å². The van der Waals surface area contributed by atoms with Crippen LogP contribution in [-0.2, 0) is 19.1 Å². The van der Waals surface area contributed by atoms with Crippen LogP contribution in [0.1, 0.15) is 39.0 Å². The Labute approximate surface area is 166 Å². The molecule has 2 amide bonds. The lowest BCUT2D eigenvalue weighted by molar-refractivity contribution is -0.145. The minimum Gasteiger partial charge on any atom is -0.480 e. The molecule has 158 valence electrons. The van der Waals surface area contributed by atoms with Gasteiger partial charge in [-0.2, -0.15) is 0 Å². The average molecular weight is 396 g/mol. The van der Waals surface area contributed by atoms with Crippen LogP contribution in [-0.4, -0.2) is 96.1 Å². The number of rotatable bonds is 6. The summed E-state index contributed by atoms with van der Waals surface area (Å²) in [5, 5.41) is 8.89. The summed E-state index contributed by atoms with van der Waals surface area (Å²) in [5.74, 6) is -0.260. The summed E-state index contributed by atoms with van der Waals surface area (Å²) in [4.78, 5) is 41.8. The minimum atomic E-state index is -0.882. The van der Waals surface area contributed by atoms with Gasteiger partial charge < -0.3 is 19.6 Å². The minimum absolute atomic E-state index is 0.0363. The lowest BCUT2D eigenvalue weighted by Gasteiger charge is -2.36. The van der Waals surface area contributed by atoms with Gasteiger partial charge in [-0.05, 0) is 38.6 Å². The SMILES string of the molecule is CC1CCC(N2CC(C(=O)N3CCOC(CN(C)CC(=O)O)C3)CC2=O)CC1. The van der Waals surface area contributed by atoms with Crippen molar-refractivity contribution in [3.05, 3.63) is 0 Å². The van der Waals surface area contributed by atoms with Gasteiger partial charge in [-0.25, -0.2) is 0 Å². The fraction of sp³-hybridized carbons (Fsp3) is 0.850. The maximum absolute atomic E-state index is 13.0. The van der Waals surface area contributed by atoms with E-state index in [1.807, 2.05) is 4.90 Å². The van der Waals surface area contributed by atoms with Crippen LogP contribution < -0.4 is 0 Å². The maximum Gasteiger partial charge on any atom is 0.317 e. The summed E-state index contributed by atoms with van der Waals surface area (Å²) in [6.45, 7) is 4.64. The van der Waals surface area contributed by atoms with E-state index < -0.39 is 5.97 Å². The Balaban J connectivity index is 1.52. The predicted octanol–water partition coefficient (Wildman–Crippen LogP) is 0.657. The first-order chi connectivity index (χ1) is 13.3. The lowest BCUT2D eigenvalue weighted by atomic mass is 9.86. The van der Waals surface area contributed by atoms with E-state index in [1.54, 1.807) is 16.8 Å². The Bertz CT molecular complexity index is 590. The highest BCUT2D eigenvalue weighted by Crippen LogP contribution is 2.32. The van der Waals surface area contributed by atoms with E-state index in [-0.39, 0.29) is 30.4 Å². The zero-order valence-electron chi connectivity index (χ0n) is 17.0. The molecule has 1 aliphatic carbocycles. The normalized spacial score (nSPS) is 31.5. The van der Waals surface area contributed by atoms with E-state index in [9.17, 15) is 14.4 Å². The quantitative estimate of drug-likeness (QED) is 0.711. The van der Waals surface area contributed by atoms with Crippen LogP contribution >= 0.6 is 0 Å². The van der Waals surface area contributed by atoms with Crippen molar-refractivity contribution in [1.29, 1.82) is 0 Å². The third-order valence-corrected chi connectivity index (χ3v) is 6.30. The lowest BCUT2D eigenvalue weighted by Crippen LogP contribution is -2.51. The molecule has 0 radical (unpaired) electrons. The Morgan fingerprint density at radius 1 is 1.21 bits per heavy atom. The number of carboxylic acid groups (broad SMARTS) is 1. The molecular weight excluding hydrogens is 362 g/mol. The van der Waals surface area contributed by atoms with E-state index in [0.29, 0.717) is 45.2 Å². The molecule has 2 heterocycles. The first-order valence-corrected chi connectivity index (χ1v) is 10.4. The van der Waals surface area contributed by atoms with Gasteiger partial charge in [0.05, 0.1) is 25.2 Å². The molecule has 0 aromatic heterocycles. The summed E-state index contributed by atoms with van der Waals surface area (Å²) in [6, 6.07) is 0.295. The van der Waals surface area contributed by atoms with Gasteiger partial charge >= 0.3 is 5.97 Å². The fourth-order valence-corrected chi connectivity index (χ4v) is 4.74. The van der Waals surface area contributed by atoms with Gasteiger partial charge in [-0.3, -0.25) is 19.3 Å². The molecule has 3 rings (SSSR count). The maximum atomic E-state index is 13.0. The second-order valence-corrected chi connectivity index (χ2v) is 8.73. The molecule has 2 aliphatic heterocycles. The Hall–Kier alpha value is -1.67. The highest BCUT2D eigenvalue weighted by Gasteiger charge is 2.41. The number of likely N-dealkylation sites (tertiary alicyclic amines) is 1. The molecule has 1 N–H and O–H groups in total. The second-order valence-electron chi connectivity index (χ2n) is 8.73. The third kappa shape index (κ3) is 5.23. The van der Waals surface area contributed by atoms with Crippen molar-refractivity contribution in [2.75, 3.05) is 46.4 Å². The van der Waals surface area contributed by atoms with E-state index in [4.69, 9.17) is 9.84 Å². The Morgan fingerprint density at radius 2 is 1.93 bits per heavy atom. The second kappa shape index (κ2) is 9.22. The summed E-state index contributed by atoms with van der Waals surface area (Å²) in [6.07, 6.45) is 4.51. The molecule has 3 fully saturated rings. The van der Waals surface area contributed by atoms with E-state index in [0.717, 1.165) is 31.6 Å². The molecule has 0 spiro atoms. The van der Waals surface area contributed by atoms with Crippen LogP contribution in [0.2, 0.25) is 0 Å². The van der Waals surface area contributed by atoms with Gasteiger partial charge in [0, 0.05) is 38.6 Å². The Morgan fingerprint density at radius 3 is 2.61 bits per heavy atom. The molecule has 8 nitrogen and oxygen atoms in total. The number of hydrogen-bond donors (Lipinski definition) is 1. The molecule has 0 aromatic carbocycles. The van der Waals surface area contributed by atoms with Gasteiger partial charge in [0.25, 0.3) is 0 Å². The molecule has 0 bridgehead atoms. The molecule has 28 heavy (non-hydrogen) atoms. The molecule has 3 aliphatic rings. The largest absolute Gasteiger partial charge is 0.480 e. The number of likely N-dealkylation sites (N-methyl/N-ethyl adjacent to an activating group) is 1. The molecule has 8 heteroatoms. The Kier molecular flexibility index (Phi) is 6.93. The van der Waals surface area contributed by atoms with Crippen LogP contribution in [0.4, 0.5) is 0 Å². The van der Waals surface area contributed by atoms with Crippen LogP contribution in [0.5, 0.6) is 0 Å². The molecule has 1 saturated carbocycles. The number of aliphatic carboxylic acids is 1. The summed E-state index contributed by atoms with van der Waals surface area (Å²) >= 11 is 0. The first kappa shape index (κ1) is 21.0. The van der Waals surface area contributed by atoms with Crippen molar-refractivity contribution < 1.29 is 24.2 Å². The standard InChI is InChI=1S/C20H33N3O5/c1-14-3-5-16(6-4-14)23-10-15(9-18(23)24)20(27)22-7-8-28-17(12-22)11-21(2)13-19(25)26/h14-17H,3-13H2,1-2H3,(H,25,26). The van der Waals surface area contributed by atoms with E-state index >= 15 is 0 Å². The molecule has 2 saturated heterocycles. The highest BCUT2D eigenvalue weighted by molar-refractivity contribution is 5.89. The zero-order chi connectivity index (χ0) is 20.3. The van der Waals surface area contributed by atoms with Gasteiger partial charge in [0.1, 0.15) is 0 Å². The van der Waals surface area contributed by atoms with Crippen molar-refractivity contribution in [1.82, 2.24) is 14.7 Å². The van der Waals surface area contributed by atoms with Crippen molar-refractivity contribution in [2.45, 2.75) is 51.2 Å². The topological polar surface area (TPSA) is 90.4 Å².